The van der Waals surface area contributed by atoms with Gasteiger partial charge in [0.25, 0.3) is 11.7 Å². The van der Waals surface area contributed by atoms with Gasteiger partial charge >= 0.3 is 0 Å². The molecule has 1 unspecified atom stereocenters. The van der Waals surface area contributed by atoms with Crippen molar-refractivity contribution in [2.75, 3.05) is 37.1 Å². The fourth-order valence-corrected chi connectivity index (χ4v) is 4.56. The summed E-state index contributed by atoms with van der Waals surface area (Å²) in [6, 6.07) is 20.6. The summed E-state index contributed by atoms with van der Waals surface area (Å²) in [5.41, 5.74) is 2.62. The molecule has 0 radical (unpaired) electrons. The van der Waals surface area contributed by atoms with E-state index in [1.54, 1.807) is 49.6 Å². The minimum absolute atomic E-state index is 0.00863. The molecule has 186 valence electrons. The average Bonchev–Trinajstić information content (AvgIpc) is 3.19. The molecule has 0 aliphatic carbocycles. The molecule has 0 bridgehead atoms. The number of carbonyl (C=O) groups is 2. The summed E-state index contributed by atoms with van der Waals surface area (Å²) in [5.74, 6) is -0.615. The number of carbonyl (C=O) groups excluding carboxylic acids is 2. The first-order valence-corrected chi connectivity index (χ1v) is 11.9. The molecule has 36 heavy (non-hydrogen) atoms. The molecule has 1 heterocycles. The number of ketones is 1. The normalized spacial score (nSPS) is 16.8. The van der Waals surface area contributed by atoms with Gasteiger partial charge in [0.2, 0.25) is 0 Å². The van der Waals surface area contributed by atoms with Gasteiger partial charge in [-0.2, -0.15) is 0 Å². The summed E-state index contributed by atoms with van der Waals surface area (Å²) in [5, 5.41) is 11.3. The number of anilines is 2. The molecule has 1 N–H and O–H groups in total. The highest BCUT2D eigenvalue weighted by molar-refractivity contribution is 6.51. The molecular formula is C29H30N2O5. The molecule has 1 aliphatic heterocycles. The van der Waals surface area contributed by atoms with Gasteiger partial charge in [-0.1, -0.05) is 24.3 Å². The van der Waals surface area contributed by atoms with E-state index in [-0.39, 0.29) is 11.3 Å². The third kappa shape index (κ3) is 4.52. The number of hydrogen-bond acceptors (Lipinski definition) is 6. The molecule has 3 aromatic rings. The van der Waals surface area contributed by atoms with E-state index in [1.807, 2.05) is 30.3 Å². The number of nitrogens with zero attached hydrogens (tertiary/aromatic N) is 2. The quantitative estimate of drug-likeness (QED) is 0.269. The lowest BCUT2D eigenvalue weighted by molar-refractivity contribution is -0.132. The summed E-state index contributed by atoms with van der Waals surface area (Å²) >= 11 is 0. The number of aliphatic hydroxyl groups excluding tert-OH is 1. The second-order valence-corrected chi connectivity index (χ2v) is 8.37. The molecule has 1 saturated heterocycles. The van der Waals surface area contributed by atoms with E-state index < -0.39 is 17.7 Å². The van der Waals surface area contributed by atoms with Crippen molar-refractivity contribution in [2.24, 2.45) is 0 Å². The number of aliphatic hydroxyl groups is 1. The molecule has 3 aromatic carbocycles. The fraction of sp³-hybridized carbons (Fsp3) is 0.241. The maximum atomic E-state index is 13.4. The van der Waals surface area contributed by atoms with Crippen LogP contribution < -0.4 is 19.3 Å². The summed E-state index contributed by atoms with van der Waals surface area (Å²) in [4.78, 5) is 30.4. The van der Waals surface area contributed by atoms with E-state index in [0.29, 0.717) is 28.3 Å². The topological polar surface area (TPSA) is 79.3 Å². The molecule has 1 aliphatic rings. The Balaban J connectivity index is 1.89. The van der Waals surface area contributed by atoms with Gasteiger partial charge in [-0.25, -0.2) is 0 Å². The van der Waals surface area contributed by atoms with Crippen molar-refractivity contribution in [3.05, 3.63) is 89.5 Å². The van der Waals surface area contributed by atoms with Crippen molar-refractivity contribution in [1.82, 2.24) is 0 Å². The second-order valence-electron chi connectivity index (χ2n) is 8.37. The number of amides is 1. The zero-order valence-electron chi connectivity index (χ0n) is 20.9. The van der Waals surface area contributed by atoms with Crippen molar-refractivity contribution >= 4 is 28.8 Å². The lowest BCUT2D eigenvalue weighted by Gasteiger charge is -2.27. The Morgan fingerprint density at radius 3 is 2.11 bits per heavy atom. The Hall–Kier alpha value is -4.26. The predicted octanol–water partition coefficient (Wildman–Crippen LogP) is 5.18. The summed E-state index contributed by atoms with van der Waals surface area (Å²) in [6.07, 6.45) is 0. The first kappa shape index (κ1) is 24.9. The zero-order chi connectivity index (χ0) is 25.8. The monoisotopic (exact) mass is 486 g/mol. The van der Waals surface area contributed by atoms with Crippen LogP contribution in [0.15, 0.2) is 78.4 Å². The lowest BCUT2D eigenvalue weighted by atomic mass is 9.95. The fourth-order valence-electron chi connectivity index (χ4n) is 4.56. The summed E-state index contributed by atoms with van der Waals surface area (Å²) < 4.78 is 10.7. The molecule has 0 spiro atoms. The van der Waals surface area contributed by atoms with Crippen LogP contribution in [0, 0.1) is 0 Å². The predicted molar refractivity (Wildman–Crippen MR) is 141 cm³/mol. The van der Waals surface area contributed by atoms with Crippen LogP contribution in [0.2, 0.25) is 0 Å². The SMILES string of the molecule is CCN(CC)c1ccc(N2C(=O)C(=O)/C(=C(\O)c3cccc(OC)c3)C2c2cccc(OC)c2)cc1. The number of Topliss-reactive ketones (excluding diaryl/α,β-unsaturated/α-hetero) is 1. The molecule has 4 rings (SSSR count). The lowest BCUT2D eigenvalue weighted by Crippen LogP contribution is -2.29. The highest BCUT2D eigenvalue weighted by Gasteiger charge is 2.47. The molecular weight excluding hydrogens is 456 g/mol. The van der Waals surface area contributed by atoms with E-state index in [1.165, 1.54) is 12.0 Å². The van der Waals surface area contributed by atoms with Gasteiger partial charge in [-0.15, -0.1) is 0 Å². The zero-order valence-corrected chi connectivity index (χ0v) is 20.9. The van der Waals surface area contributed by atoms with Crippen LogP contribution in [-0.2, 0) is 9.59 Å². The van der Waals surface area contributed by atoms with Crippen molar-refractivity contribution in [3.8, 4) is 11.5 Å². The van der Waals surface area contributed by atoms with Crippen LogP contribution in [-0.4, -0.2) is 44.1 Å². The third-order valence-electron chi connectivity index (χ3n) is 6.45. The second kappa shape index (κ2) is 10.6. The van der Waals surface area contributed by atoms with Gasteiger partial charge in [0.05, 0.1) is 25.8 Å². The Morgan fingerprint density at radius 2 is 1.50 bits per heavy atom. The van der Waals surface area contributed by atoms with Crippen LogP contribution in [0.5, 0.6) is 11.5 Å². The average molecular weight is 487 g/mol. The summed E-state index contributed by atoms with van der Waals surface area (Å²) in [6.45, 7) is 5.87. The molecule has 7 nitrogen and oxygen atoms in total. The van der Waals surface area contributed by atoms with E-state index in [0.717, 1.165) is 18.8 Å². The number of methoxy groups -OCH3 is 2. The Labute approximate surface area is 211 Å². The van der Waals surface area contributed by atoms with Gasteiger partial charge < -0.3 is 19.5 Å². The smallest absolute Gasteiger partial charge is 0.300 e. The van der Waals surface area contributed by atoms with Gasteiger partial charge in [-0.3, -0.25) is 14.5 Å². The molecule has 0 saturated carbocycles. The number of hydrogen-bond donors (Lipinski definition) is 1. The highest BCUT2D eigenvalue weighted by atomic mass is 16.5. The third-order valence-corrected chi connectivity index (χ3v) is 6.45. The van der Waals surface area contributed by atoms with Gasteiger partial charge in [-0.05, 0) is 67.9 Å². The first-order chi connectivity index (χ1) is 17.4. The van der Waals surface area contributed by atoms with Crippen molar-refractivity contribution in [1.29, 1.82) is 0 Å². The minimum atomic E-state index is -0.842. The van der Waals surface area contributed by atoms with Crippen molar-refractivity contribution in [3.63, 3.8) is 0 Å². The van der Waals surface area contributed by atoms with Crippen molar-refractivity contribution < 1.29 is 24.2 Å². The van der Waals surface area contributed by atoms with Crippen LogP contribution in [0.3, 0.4) is 0 Å². The van der Waals surface area contributed by atoms with Crippen molar-refractivity contribution in [2.45, 2.75) is 19.9 Å². The van der Waals surface area contributed by atoms with E-state index in [4.69, 9.17) is 9.47 Å². The molecule has 1 fully saturated rings. The van der Waals surface area contributed by atoms with Gasteiger partial charge in [0, 0.05) is 30.0 Å². The maximum absolute atomic E-state index is 13.4. The van der Waals surface area contributed by atoms with E-state index >= 15 is 0 Å². The standard InChI is InChI=1S/C29H30N2O5/c1-5-30(6-2)21-13-15-22(16-14-21)31-26(19-9-7-11-23(17-19)35-3)25(28(33)29(31)34)27(32)20-10-8-12-24(18-20)36-4/h7-18,26,32H,5-6H2,1-4H3/b27-25-. The largest absolute Gasteiger partial charge is 0.507 e. The minimum Gasteiger partial charge on any atom is -0.507 e. The first-order valence-electron chi connectivity index (χ1n) is 11.9. The highest BCUT2D eigenvalue weighted by Crippen LogP contribution is 2.43. The van der Waals surface area contributed by atoms with Crippen LogP contribution >= 0.6 is 0 Å². The Bertz CT molecular complexity index is 1300. The van der Waals surface area contributed by atoms with Crippen LogP contribution in [0.25, 0.3) is 5.76 Å². The molecule has 1 amide bonds. The van der Waals surface area contributed by atoms with Gasteiger partial charge in [0.1, 0.15) is 17.3 Å². The van der Waals surface area contributed by atoms with E-state index in [9.17, 15) is 14.7 Å². The summed E-state index contributed by atoms with van der Waals surface area (Å²) in [7, 11) is 3.08. The maximum Gasteiger partial charge on any atom is 0.300 e. The number of ether oxygens (including phenoxy) is 2. The van der Waals surface area contributed by atoms with Crippen LogP contribution in [0.1, 0.15) is 31.0 Å². The van der Waals surface area contributed by atoms with Gasteiger partial charge in [0.15, 0.2) is 0 Å². The van der Waals surface area contributed by atoms with E-state index in [2.05, 4.69) is 18.7 Å². The number of rotatable bonds is 8. The molecule has 1 atom stereocenters. The molecule has 7 heteroatoms. The Kier molecular flexibility index (Phi) is 7.29. The van der Waals surface area contributed by atoms with Crippen LogP contribution in [0.4, 0.5) is 11.4 Å². The Morgan fingerprint density at radius 1 is 0.889 bits per heavy atom. The molecule has 0 aromatic heterocycles. The number of benzene rings is 3.